The molecule has 0 spiro atoms. The van der Waals surface area contributed by atoms with Crippen molar-refractivity contribution in [3.05, 3.63) is 24.3 Å². The maximum Gasteiger partial charge on any atom is 0.349 e. The molecule has 0 heterocycles. The zero-order chi connectivity index (χ0) is 12.3. The summed E-state index contributed by atoms with van der Waals surface area (Å²) < 4.78 is 0. The number of allylic oxidation sites excluding steroid dienone is 2. The van der Waals surface area contributed by atoms with Gasteiger partial charge in [-0.3, -0.25) is 0 Å². The van der Waals surface area contributed by atoms with Crippen LogP contribution in [0.25, 0.3) is 0 Å². The minimum absolute atomic E-state index is 0.123. The first-order valence-corrected chi connectivity index (χ1v) is 6.23. The molecule has 0 amide bonds. The average molecular weight is 239 g/mol. The largest absolute Gasteiger partial charge is 0.396 e. The summed E-state index contributed by atoms with van der Waals surface area (Å²) in [5.74, 6) is -0.385. The topological polar surface area (TPSA) is 58.6 Å². The van der Waals surface area contributed by atoms with Crippen LogP contribution in [-0.2, 0) is 9.63 Å². The molecule has 0 aromatic carbocycles. The first kappa shape index (κ1) is 13.9. The molecule has 1 aliphatic carbocycles. The minimum atomic E-state index is -0.385. The van der Waals surface area contributed by atoms with Crippen molar-refractivity contribution in [3.8, 4) is 0 Å². The van der Waals surface area contributed by atoms with E-state index in [1.54, 1.807) is 18.2 Å². The molecule has 2 N–H and O–H groups in total. The molecule has 17 heavy (non-hydrogen) atoms. The molecule has 0 saturated heterocycles. The quantitative estimate of drug-likeness (QED) is 0.422. The van der Waals surface area contributed by atoms with Gasteiger partial charge in [-0.1, -0.05) is 37.5 Å². The molecule has 0 radical (unpaired) electrons. The Morgan fingerprint density at radius 2 is 2.06 bits per heavy atom. The van der Waals surface area contributed by atoms with Gasteiger partial charge in [0.2, 0.25) is 0 Å². The molecule has 0 aliphatic heterocycles. The third-order valence-electron chi connectivity index (χ3n) is 2.71. The predicted octanol–water partition coefficient (Wildman–Crippen LogP) is 1.86. The smallest absolute Gasteiger partial charge is 0.349 e. The van der Waals surface area contributed by atoms with Crippen LogP contribution in [0.4, 0.5) is 0 Å². The molecule has 0 unspecified atom stereocenters. The second-order valence-corrected chi connectivity index (χ2v) is 4.17. The van der Waals surface area contributed by atoms with E-state index in [2.05, 4.69) is 5.48 Å². The summed E-state index contributed by atoms with van der Waals surface area (Å²) in [6, 6.07) is 0.311. The summed E-state index contributed by atoms with van der Waals surface area (Å²) in [6.07, 6.45) is 12.9. The van der Waals surface area contributed by atoms with Gasteiger partial charge in [0.05, 0.1) is 0 Å². The van der Waals surface area contributed by atoms with Gasteiger partial charge in [-0.25, -0.2) is 4.79 Å². The first-order chi connectivity index (χ1) is 8.33. The molecule has 4 heteroatoms. The highest BCUT2D eigenvalue weighted by molar-refractivity contribution is 5.81. The Hall–Kier alpha value is -1.13. The van der Waals surface area contributed by atoms with Gasteiger partial charge in [0.1, 0.15) is 0 Å². The monoisotopic (exact) mass is 239 g/mol. The fourth-order valence-electron chi connectivity index (χ4n) is 1.78. The van der Waals surface area contributed by atoms with Crippen molar-refractivity contribution < 1.29 is 14.7 Å². The highest BCUT2D eigenvalue weighted by atomic mass is 16.7. The van der Waals surface area contributed by atoms with Crippen molar-refractivity contribution in [1.82, 2.24) is 5.48 Å². The number of aliphatic hydroxyl groups is 1. The zero-order valence-electron chi connectivity index (χ0n) is 10.1. The van der Waals surface area contributed by atoms with Crippen molar-refractivity contribution in [2.75, 3.05) is 6.61 Å². The minimum Gasteiger partial charge on any atom is -0.396 e. The number of carbonyl (C=O) groups is 1. The number of nitrogens with one attached hydrogen (secondary N) is 1. The molecule has 1 rings (SSSR count). The van der Waals surface area contributed by atoms with Crippen LogP contribution < -0.4 is 5.48 Å². The van der Waals surface area contributed by atoms with E-state index in [4.69, 9.17) is 9.94 Å². The SMILES string of the molecule is O=C(/C=C/C=CCCO)ONC1CCCCC1. The summed E-state index contributed by atoms with van der Waals surface area (Å²) >= 11 is 0. The van der Waals surface area contributed by atoms with E-state index in [1.165, 1.54) is 25.3 Å². The van der Waals surface area contributed by atoms with Crippen LogP contribution in [0.2, 0.25) is 0 Å². The Morgan fingerprint density at radius 1 is 1.29 bits per heavy atom. The summed E-state index contributed by atoms with van der Waals surface area (Å²) in [5.41, 5.74) is 2.81. The molecule has 0 atom stereocenters. The van der Waals surface area contributed by atoms with Gasteiger partial charge in [0.25, 0.3) is 0 Å². The molecular weight excluding hydrogens is 218 g/mol. The van der Waals surface area contributed by atoms with Crippen LogP contribution in [0, 0.1) is 0 Å². The van der Waals surface area contributed by atoms with Crippen LogP contribution in [0.15, 0.2) is 24.3 Å². The third-order valence-corrected chi connectivity index (χ3v) is 2.71. The summed E-state index contributed by atoms with van der Waals surface area (Å²) in [5, 5.41) is 8.53. The fraction of sp³-hybridized carbons (Fsp3) is 0.615. The van der Waals surface area contributed by atoms with Gasteiger partial charge < -0.3 is 9.94 Å². The van der Waals surface area contributed by atoms with Gasteiger partial charge in [0.15, 0.2) is 0 Å². The molecule has 1 saturated carbocycles. The average Bonchev–Trinajstić information content (AvgIpc) is 2.37. The van der Waals surface area contributed by atoms with Gasteiger partial charge >= 0.3 is 5.97 Å². The van der Waals surface area contributed by atoms with E-state index in [0.29, 0.717) is 12.5 Å². The standard InChI is InChI=1S/C13H21NO3/c15-11-7-2-1-6-10-13(16)17-14-12-8-4-3-5-9-12/h1-2,6,10,12,14-15H,3-5,7-9,11H2/b2-1?,10-6+. The maximum absolute atomic E-state index is 11.3. The summed E-state index contributed by atoms with van der Waals surface area (Å²) in [6.45, 7) is 0.123. The zero-order valence-corrected chi connectivity index (χ0v) is 10.1. The van der Waals surface area contributed by atoms with E-state index in [9.17, 15) is 4.79 Å². The number of rotatable bonds is 6. The normalized spacial score (nSPS) is 17.9. The van der Waals surface area contributed by atoms with Crippen LogP contribution in [0.3, 0.4) is 0 Å². The number of hydrogen-bond donors (Lipinski definition) is 2. The van der Waals surface area contributed by atoms with Gasteiger partial charge in [-0.2, -0.15) is 0 Å². The second-order valence-electron chi connectivity index (χ2n) is 4.17. The molecule has 0 aromatic heterocycles. The van der Waals surface area contributed by atoms with Gasteiger partial charge in [0, 0.05) is 18.7 Å². The number of hydrogen-bond acceptors (Lipinski definition) is 4. The number of hydroxylamine groups is 1. The van der Waals surface area contributed by atoms with Crippen LogP contribution in [-0.4, -0.2) is 23.7 Å². The van der Waals surface area contributed by atoms with Crippen LogP contribution in [0.1, 0.15) is 38.5 Å². The molecule has 1 fully saturated rings. The molecule has 4 nitrogen and oxygen atoms in total. The Morgan fingerprint density at radius 3 is 2.76 bits per heavy atom. The molecule has 0 bridgehead atoms. The van der Waals surface area contributed by atoms with Crippen molar-refractivity contribution in [3.63, 3.8) is 0 Å². The van der Waals surface area contributed by atoms with E-state index < -0.39 is 0 Å². The maximum atomic E-state index is 11.3. The second kappa shape index (κ2) is 8.96. The number of carbonyl (C=O) groups excluding carboxylic acids is 1. The molecular formula is C13H21NO3. The Balaban J connectivity index is 2.11. The lowest BCUT2D eigenvalue weighted by Crippen LogP contribution is -2.32. The lowest BCUT2D eigenvalue weighted by molar-refractivity contribution is -0.147. The number of aliphatic hydroxyl groups excluding tert-OH is 1. The van der Waals surface area contributed by atoms with Crippen molar-refractivity contribution >= 4 is 5.97 Å². The highest BCUT2D eigenvalue weighted by Crippen LogP contribution is 2.17. The Kier molecular flexibility index (Phi) is 7.34. The summed E-state index contributed by atoms with van der Waals surface area (Å²) in [4.78, 5) is 16.2. The Bertz CT molecular complexity index is 268. The molecule has 96 valence electrons. The fourth-order valence-corrected chi connectivity index (χ4v) is 1.78. The van der Waals surface area contributed by atoms with E-state index >= 15 is 0 Å². The van der Waals surface area contributed by atoms with Gasteiger partial charge in [-0.05, 0) is 19.3 Å². The first-order valence-electron chi connectivity index (χ1n) is 6.23. The predicted molar refractivity (Wildman–Crippen MR) is 66.1 cm³/mol. The van der Waals surface area contributed by atoms with Crippen molar-refractivity contribution in [1.29, 1.82) is 0 Å². The molecule has 0 aromatic rings. The Labute approximate surface area is 102 Å². The van der Waals surface area contributed by atoms with Gasteiger partial charge in [-0.15, -0.1) is 5.48 Å². The van der Waals surface area contributed by atoms with Crippen LogP contribution in [0.5, 0.6) is 0 Å². The van der Waals surface area contributed by atoms with E-state index in [1.807, 2.05) is 0 Å². The van der Waals surface area contributed by atoms with E-state index in [-0.39, 0.29) is 12.6 Å². The lowest BCUT2D eigenvalue weighted by Gasteiger charge is -2.21. The third kappa shape index (κ3) is 6.92. The van der Waals surface area contributed by atoms with Crippen molar-refractivity contribution in [2.45, 2.75) is 44.6 Å². The van der Waals surface area contributed by atoms with Crippen molar-refractivity contribution in [2.24, 2.45) is 0 Å². The summed E-state index contributed by atoms with van der Waals surface area (Å²) in [7, 11) is 0. The lowest BCUT2D eigenvalue weighted by atomic mass is 9.96. The van der Waals surface area contributed by atoms with E-state index in [0.717, 1.165) is 12.8 Å². The van der Waals surface area contributed by atoms with Crippen LogP contribution >= 0.6 is 0 Å². The molecule has 1 aliphatic rings. The highest BCUT2D eigenvalue weighted by Gasteiger charge is 2.13.